The fourth-order valence-electron chi connectivity index (χ4n) is 2.40. The molecule has 0 spiro atoms. The Morgan fingerprint density at radius 3 is 2.28 bits per heavy atom. The lowest BCUT2D eigenvalue weighted by atomic mass is 10.3. The summed E-state index contributed by atoms with van der Waals surface area (Å²) in [6.45, 7) is -0.238. The van der Waals surface area contributed by atoms with Crippen molar-refractivity contribution in [3.63, 3.8) is 0 Å². The molecular formula is C18H19N7O6S. The van der Waals surface area contributed by atoms with Gasteiger partial charge in [-0.3, -0.25) is 0 Å². The van der Waals surface area contributed by atoms with Gasteiger partial charge in [-0.05, 0) is 48.5 Å². The lowest BCUT2D eigenvalue weighted by Gasteiger charge is -2.07. The van der Waals surface area contributed by atoms with E-state index in [2.05, 4.69) is 25.5 Å². The van der Waals surface area contributed by atoms with Crippen molar-refractivity contribution >= 4 is 45.3 Å². The Morgan fingerprint density at radius 2 is 1.69 bits per heavy atom. The number of nitrogen functional groups attached to an aromatic ring is 1. The van der Waals surface area contributed by atoms with Gasteiger partial charge >= 0.3 is 12.0 Å². The van der Waals surface area contributed by atoms with Crippen LogP contribution >= 0.6 is 0 Å². The number of nitrogens with two attached hydrogens (primary N) is 2. The molecule has 168 valence electrons. The minimum absolute atomic E-state index is 0.0209. The molecule has 1 aromatic heterocycles. The number of rotatable bonds is 7. The first-order chi connectivity index (χ1) is 15.2. The Kier molecular flexibility index (Phi) is 6.56. The van der Waals surface area contributed by atoms with Crippen LogP contribution in [0.4, 0.5) is 28.1 Å². The SMILES string of the molecule is COC(=O)COc1ccc(NC(=O)n2nc(Nc3ccc(S(N)(=O)=O)cc3)nc2N)cc1. The lowest BCUT2D eigenvalue weighted by molar-refractivity contribution is -0.142. The largest absolute Gasteiger partial charge is 0.482 e. The molecule has 14 heteroatoms. The molecule has 1 amide bonds. The fraction of sp³-hybridized carbons (Fsp3) is 0.111. The average molecular weight is 461 g/mol. The van der Waals surface area contributed by atoms with E-state index in [9.17, 15) is 18.0 Å². The molecule has 1 heterocycles. The smallest absolute Gasteiger partial charge is 0.349 e. The van der Waals surface area contributed by atoms with Crippen molar-refractivity contribution in [1.82, 2.24) is 14.8 Å². The molecule has 0 saturated heterocycles. The fourth-order valence-corrected chi connectivity index (χ4v) is 2.91. The molecule has 2 aromatic carbocycles. The van der Waals surface area contributed by atoms with Crippen molar-refractivity contribution in [2.45, 2.75) is 4.90 Å². The number of nitrogens with one attached hydrogen (secondary N) is 2. The first kappa shape index (κ1) is 22.5. The maximum atomic E-state index is 12.5. The first-order valence-electron chi connectivity index (χ1n) is 8.89. The van der Waals surface area contributed by atoms with E-state index in [1.165, 1.54) is 31.4 Å². The average Bonchev–Trinajstić information content (AvgIpc) is 3.12. The Bertz CT molecular complexity index is 1220. The molecule has 3 aromatic rings. The van der Waals surface area contributed by atoms with Gasteiger partial charge in [0.05, 0.1) is 12.0 Å². The number of aromatic nitrogens is 3. The zero-order valence-corrected chi connectivity index (χ0v) is 17.5. The Hall–Kier alpha value is -4.17. The van der Waals surface area contributed by atoms with E-state index in [-0.39, 0.29) is 23.4 Å². The highest BCUT2D eigenvalue weighted by atomic mass is 32.2. The van der Waals surface area contributed by atoms with Crippen molar-refractivity contribution in [3.8, 4) is 5.75 Å². The van der Waals surface area contributed by atoms with E-state index in [1.807, 2.05) is 0 Å². The second-order valence-electron chi connectivity index (χ2n) is 6.22. The maximum Gasteiger partial charge on any atom is 0.349 e. The van der Waals surface area contributed by atoms with Gasteiger partial charge in [-0.1, -0.05) is 0 Å². The second-order valence-corrected chi connectivity index (χ2v) is 7.78. The zero-order valence-electron chi connectivity index (χ0n) is 16.7. The third kappa shape index (κ3) is 5.71. The maximum absolute atomic E-state index is 12.5. The quantitative estimate of drug-likeness (QED) is 0.367. The zero-order chi connectivity index (χ0) is 23.3. The summed E-state index contributed by atoms with van der Waals surface area (Å²) in [5, 5.41) is 14.4. The van der Waals surface area contributed by atoms with Gasteiger partial charge in [0.25, 0.3) is 0 Å². The van der Waals surface area contributed by atoms with Crippen LogP contribution < -0.4 is 26.2 Å². The Balaban J connectivity index is 1.64. The molecule has 0 aliphatic heterocycles. The Labute approximate surface area is 182 Å². The number of esters is 1. The van der Waals surface area contributed by atoms with Crippen LogP contribution in [0.2, 0.25) is 0 Å². The molecular weight excluding hydrogens is 442 g/mol. The summed E-state index contributed by atoms with van der Waals surface area (Å²) in [7, 11) is -2.56. The van der Waals surface area contributed by atoms with E-state index in [0.717, 1.165) is 4.68 Å². The van der Waals surface area contributed by atoms with Crippen molar-refractivity contribution in [3.05, 3.63) is 48.5 Å². The standard InChI is InChI=1S/C18H19N7O6S/c1-30-15(26)10-31-13-6-2-12(3-7-13)22-18(27)25-16(19)23-17(24-25)21-11-4-8-14(9-5-11)32(20,28)29/h2-9H,10H2,1H3,(H,22,27)(H2,20,28,29)(H3,19,21,23,24). The van der Waals surface area contributed by atoms with Crippen molar-refractivity contribution in [2.24, 2.45) is 5.14 Å². The van der Waals surface area contributed by atoms with Crippen LogP contribution in [0, 0.1) is 0 Å². The predicted octanol–water partition coefficient (Wildman–Crippen LogP) is 0.883. The van der Waals surface area contributed by atoms with Crippen LogP contribution in [0.15, 0.2) is 53.4 Å². The highest BCUT2D eigenvalue weighted by Gasteiger charge is 2.15. The summed E-state index contributed by atoms with van der Waals surface area (Å²) < 4.78 is 33.2. The number of amides is 1. The summed E-state index contributed by atoms with van der Waals surface area (Å²) in [6, 6.07) is 11.1. The number of primary sulfonamides is 1. The molecule has 32 heavy (non-hydrogen) atoms. The summed E-state index contributed by atoms with van der Waals surface area (Å²) in [5.74, 6) is -0.265. The van der Waals surface area contributed by atoms with Crippen molar-refractivity contribution in [1.29, 1.82) is 0 Å². The van der Waals surface area contributed by atoms with Gasteiger partial charge < -0.3 is 25.8 Å². The third-order valence-corrected chi connectivity index (χ3v) is 4.88. The van der Waals surface area contributed by atoms with Gasteiger partial charge in [0.2, 0.25) is 21.9 Å². The molecule has 0 aliphatic rings. The van der Waals surface area contributed by atoms with Crippen LogP contribution in [0.25, 0.3) is 0 Å². The molecule has 13 nitrogen and oxygen atoms in total. The van der Waals surface area contributed by atoms with Gasteiger partial charge in [0.15, 0.2) is 6.61 Å². The molecule has 0 bridgehead atoms. The molecule has 0 aliphatic carbocycles. The van der Waals surface area contributed by atoms with Gasteiger partial charge in [0, 0.05) is 11.4 Å². The van der Waals surface area contributed by atoms with Crippen LogP contribution in [0.3, 0.4) is 0 Å². The normalized spacial score (nSPS) is 10.9. The van der Waals surface area contributed by atoms with Crippen LogP contribution in [-0.2, 0) is 19.6 Å². The van der Waals surface area contributed by atoms with E-state index < -0.39 is 22.0 Å². The van der Waals surface area contributed by atoms with Crippen LogP contribution in [-0.4, -0.2) is 48.9 Å². The third-order valence-electron chi connectivity index (χ3n) is 3.95. The molecule has 0 saturated carbocycles. The second kappa shape index (κ2) is 9.32. The highest BCUT2D eigenvalue weighted by Crippen LogP contribution is 2.19. The molecule has 3 rings (SSSR count). The number of methoxy groups -OCH3 is 1. The molecule has 0 unspecified atom stereocenters. The molecule has 0 atom stereocenters. The minimum atomic E-state index is -3.81. The van der Waals surface area contributed by atoms with E-state index in [4.69, 9.17) is 15.6 Å². The number of anilines is 4. The van der Waals surface area contributed by atoms with E-state index in [0.29, 0.717) is 17.1 Å². The van der Waals surface area contributed by atoms with Gasteiger partial charge in [-0.2, -0.15) is 4.98 Å². The van der Waals surface area contributed by atoms with Gasteiger partial charge in [-0.15, -0.1) is 9.78 Å². The van der Waals surface area contributed by atoms with Gasteiger partial charge in [-0.25, -0.2) is 23.1 Å². The molecule has 6 N–H and O–H groups in total. The Morgan fingerprint density at radius 1 is 1.06 bits per heavy atom. The van der Waals surface area contributed by atoms with Crippen molar-refractivity contribution < 1.29 is 27.5 Å². The number of nitrogens with zero attached hydrogens (tertiary/aromatic N) is 3. The summed E-state index contributed by atoms with van der Waals surface area (Å²) >= 11 is 0. The number of hydrogen-bond acceptors (Lipinski definition) is 10. The number of carbonyl (C=O) groups is 2. The number of sulfonamides is 1. The van der Waals surface area contributed by atoms with Crippen LogP contribution in [0.5, 0.6) is 5.75 Å². The topological polar surface area (TPSA) is 194 Å². The number of ether oxygens (including phenoxy) is 2. The van der Waals surface area contributed by atoms with Crippen molar-refractivity contribution in [2.75, 3.05) is 30.1 Å². The summed E-state index contributed by atoms with van der Waals surface area (Å²) in [4.78, 5) is 27.5. The summed E-state index contributed by atoms with van der Waals surface area (Å²) in [5.41, 5.74) is 6.64. The van der Waals surface area contributed by atoms with Crippen LogP contribution in [0.1, 0.15) is 0 Å². The number of carbonyl (C=O) groups excluding carboxylic acids is 2. The summed E-state index contributed by atoms with van der Waals surface area (Å²) in [6.07, 6.45) is 0. The van der Waals surface area contributed by atoms with E-state index in [1.54, 1.807) is 24.3 Å². The number of benzene rings is 2. The molecule has 0 fully saturated rings. The number of hydrogen-bond donors (Lipinski definition) is 4. The lowest BCUT2D eigenvalue weighted by Crippen LogP contribution is -2.22. The van der Waals surface area contributed by atoms with E-state index >= 15 is 0 Å². The van der Waals surface area contributed by atoms with Gasteiger partial charge in [0.1, 0.15) is 5.75 Å². The molecule has 0 radical (unpaired) electrons. The highest BCUT2D eigenvalue weighted by molar-refractivity contribution is 7.89. The minimum Gasteiger partial charge on any atom is -0.482 e. The predicted molar refractivity (Wildman–Crippen MR) is 114 cm³/mol. The first-order valence-corrected chi connectivity index (χ1v) is 10.4. The monoisotopic (exact) mass is 461 g/mol.